The first-order valence-corrected chi connectivity index (χ1v) is 12.2. The fraction of sp³-hybridized carbons (Fsp3) is 0.400. The van der Waals surface area contributed by atoms with E-state index in [1.54, 1.807) is 11.3 Å². The maximum Gasteiger partial charge on any atom is 0.234 e. The Balaban J connectivity index is 1.16. The zero-order chi connectivity index (χ0) is 21.9. The van der Waals surface area contributed by atoms with Crippen molar-refractivity contribution in [1.29, 1.82) is 0 Å². The first kappa shape index (κ1) is 21.2. The van der Waals surface area contributed by atoms with E-state index in [1.807, 2.05) is 54.2 Å². The second-order valence-corrected chi connectivity index (χ2v) is 9.69. The Morgan fingerprint density at radius 3 is 2.84 bits per heavy atom. The molecule has 1 fully saturated rings. The smallest absolute Gasteiger partial charge is 0.234 e. The molecule has 5 rings (SSSR count). The van der Waals surface area contributed by atoms with Crippen molar-refractivity contribution in [3.05, 3.63) is 75.9 Å². The number of amides is 1. The molecule has 4 unspecified atom stereocenters. The lowest BCUT2D eigenvalue weighted by molar-refractivity contribution is -0.117. The zero-order valence-corrected chi connectivity index (χ0v) is 18.7. The average Bonchev–Trinajstić information content (AvgIpc) is 3.45. The Kier molecular flexibility index (Phi) is 6.30. The molecule has 0 bridgehead atoms. The van der Waals surface area contributed by atoms with Crippen LogP contribution in [0, 0.1) is 0 Å². The fourth-order valence-electron chi connectivity index (χ4n) is 4.88. The molecule has 1 aromatic carbocycles. The Labute approximate surface area is 192 Å². The number of carbonyl (C=O) groups excluding carboxylic acids is 1. The molecule has 1 saturated heterocycles. The maximum atomic E-state index is 12.7. The van der Waals surface area contributed by atoms with E-state index < -0.39 is 6.10 Å². The summed E-state index contributed by atoms with van der Waals surface area (Å²) < 4.78 is 0. The van der Waals surface area contributed by atoms with Gasteiger partial charge in [-0.25, -0.2) is 9.97 Å². The third kappa shape index (κ3) is 4.60. The van der Waals surface area contributed by atoms with Gasteiger partial charge in [0.05, 0.1) is 23.2 Å². The van der Waals surface area contributed by atoms with Crippen LogP contribution in [0.15, 0.2) is 54.2 Å². The second kappa shape index (κ2) is 9.48. The summed E-state index contributed by atoms with van der Waals surface area (Å²) in [4.78, 5) is 22.7. The van der Waals surface area contributed by atoms with E-state index >= 15 is 0 Å². The summed E-state index contributed by atoms with van der Waals surface area (Å²) in [7, 11) is 0. The Bertz CT molecular complexity index is 1050. The lowest BCUT2D eigenvalue weighted by atomic mass is 9.89. The van der Waals surface area contributed by atoms with Crippen molar-refractivity contribution in [2.45, 2.75) is 62.6 Å². The Morgan fingerprint density at radius 1 is 1.16 bits per heavy atom. The van der Waals surface area contributed by atoms with Crippen molar-refractivity contribution in [3.8, 4) is 0 Å². The van der Waals surface area contributed by atoms with E-state index in [9.17, 15) is 9.90 Å². The molecule has 1 aliphatic heterocycles. The van der Waals surface area contributed by atoms with Crippen molar-refractivity contribution in [2.75, 3.05) is 5.32 Å². The molecule has 2 aliphatic rings. The minimum absolute atomic E-state index is 0.0263. The van der Waals surface area contributed by atoms with E-state index in [2.05, 4.69) is 20.6 Å². The first-order chi connectivity index (χ1) is 15.7. The van der Waals surface area contributed by atoms with Crippen LogP contribution in [0.4, 0.5) is 5.82 Å². The SMILES string of the molecule is O=C(Nc1ccc(CC2CCCC(C(O)c3ccccc3)N2)cn1)C1CCc2scnc21. The molecule has 32 heavy (non-hydrogen) atoms. The standard InChI is InChI=1S/C25H28N4O2S/c30-24(17-5-2-1-3-6-17)20-8-4-7-18(28-20)13-16-9-12-22(26-14-16)29-25(31)19-10-11-21-23(19)27-15-32-21/h1-3,5-6,9,12,14-15,18-20,24,28,30H,4,7-8,10-11,13H2,(H,26,29,31). The molecule has 3 heterocycles. The summed E-state index contributed by atoms with van der Waals surface area (Å²) in [5.41, 5.74) is 4.83. The Morgan fingerprint density at radius 2 is 2.03 bits per heavy atom. The monoisotopic (exact) mass is 448 g/mol. The fourth-order valence-corrected chi connectivity index (χ4v) is 5.73. The number of anilines is 1. The van der Waals surface area contributed by atoms with Crippen LogP contribution in [0.5, 0.6) is 0 Å². The maximum absolute atomic E-state index is 12.7. The molecular formula is C25H28N4O2S. The van der Waals surface area contributed by atoms with Crippen LogP contribution in [0.25, 0.3) is 0 Å². The molecule has 0 radical (unpaired) electrons. The number of nitrogens with one attached hydrogen (secondary N) is 2. The minimum atomic E-state index is -0.497. The zero-order valence-electron chi connectivity index (χ0n) is 17.9. The summed E-state index contributed by atoms with van der Waals surface area (Å²) in [6.45, 7) is 0. The van der Waals surface area contributed by atoms with Crippen molar-refractivity contribution in [3.63, 3.8) is 0 Å². The summed E-state index contributed by atoms with van der Waals surface area (Å²) in [5, 5.41) is 17.4. The normalized spacial score (nSPS) is 23.5. The van der Waals surface area contributed by atoms with Gasteiger partial charge in [0.2, 0.25) is 5.91 Å². The molecule has 2 aromatic heterocycles. The van der Waals surface area contributed by atoms with Gasteiger partial charge in [-0.05, 0) is 49.3 Å². The largest absolute Gasteiger partial charge is 0.387 e. The lowest BCUT2D eigenvalue weighted by Gasteiger charge is -2.34. The molecule has 3 N–H and O–H groups in total. The van der Waals surface area contributed by atoms with E-state index in [0.717, 1.165) is 55.3 Å². The van der Waals surface area contributed by atoms with Gasteiger partial charge in [0, 0.05) is 23.2 Å². The van der Waals surface area contributed by atoms with Gasteiger partial charge in [-0.2, -0.15) is 0 Å². The summed E-state index contributed by atoms with van der Waals surface area (Å²) in [6, 6.07) is 14.1. The molecule has 1 amide bonds. The molecule has 4 atom stereocenters. The number of nitrogens with zero attached hydrogens (tertiary/aromatic N) is 2. The number of carbonyl (C=O) groups is 1. The van der Waals surface area contributed by atoms with E-state index in [0.29, 0.717) is 11.9 Å². The number of benzene rings is 1. The third-order valence-corrected chi connectivity index (χ3v) is 7.49. The van der Waals surface area contributed by atoms with Crippen molar-refractivity contribution in [2.24, 2.45) is 0 Å². The van der Waals surface area contributed by atoms with Crippen LogP contribution in [0.1, 0.15) is 59.4 Å². The number of piperidine rings is 1. The number of aliphatic hydroxyl groups is 1. The predicted octanol–water partition coefficient (Wildman–Crippen LogP) is 3.99. The molecule has 166 valence electrons. The van der Waals surface area contributed by atoms with Crippen LogP contribution >= 0.6 is 11.3 Å². The van der Waals surface area contributed by atoms with Crippen molar-refractivity contribution < 1.29 is 9.90 Å². The molecule has 7 heteroatoms. The van der Waals surface area contributed by atoms with Gasteiger partial charge in [-0.15, -0.1) is 11.3 Å². The molecule has 1 aliphatic carbocycles. The van der Waals surface area contributed by atoms with Gasteiger partial charge in [0.15, 0.2) is 0 Å². The van der Waals surface area contributed by atoms with Crippen molar-refractivity contribution in [1.82, 2.24) is 15.3 Å². The highest BCUT2D eigenvalue weighted by Gasteiger charge is 2.31. The van der Waals surface area contributed by atoms with Crippen LogP contribution in [0.3, 0.4) is 0 Å². The number of aromatic nitrogens is 2. The lowest BCUT2D eigenvalue weighted by Crippen LogP contribution is -2.46. The van der Waals surface area contributed by atoms with Gasteiger partial charge in [0.1, 0.15) is 5.82 Å². The van der Waals surface area contributed by atoms with Crippen LogP contribution in [-0.4, -0.2) is 33.1 Å². The molecule has 0 spiro atoms. The number of rotatable bonds is 6. The number of hydrogen-bond acceptors (Lipinski definition) is 6. The minimum Gasteiger partial charge on any atom is -0.387 e. The van der Waals surface area contributed by atoms with Crippen LogP contribution < -0.4 is 10.6 Å². The quantitative estimate of drug-likeness (QED) is 0.531. The molecule has 3 aromatic rings. The van der Waals surface area contributed by atoms with Gasteiger partial charge in [-0.1, -0.05) is 42.8 Å². The van der Waals surface area contributed by atoms with Gasteiger partial charge in [-0.3, -0.25) is 4.79 Å². The predicted molar refractivity (Wildman–Crippen MR) is 126 cm³/mol. The number of aliphatic hydroxyl groups excluding tert-OH is 1. The highest BCUT2D eigenvalue weighted by molar-refractivity contribution is 7.09. The highest BCUT2D eigenvalue weighted by Crippen LogP contribution is 2.35. The van der Waals surface area contributed by atoms with Crippen LogP contribution in [0.2, 0.25) is 0 Å². The summed E-state index contributed by atoms with van der Waals surface area (Å²) in [5.74, 6) is 0.384. The van der Waals surface area contributed by atoms with E-state index in [-0.39, 0.29) is 17.9 Å². The first-order valence-electron chi connectivity index (χ1n) is 11.3. The van der Waals surface area contributed by atoms with Crippen molar-refractivity contribution >= 4 is 23.1 Å². The summed E-state index contributed by atoms with van der Waals surface area (Å²) >= 11 is 1.63. The number of aryl methyl sites for hydroxylation is 1. The topological polar surface area (TPSA) is 87.1 Å². The molecule has 0 saturated carbocycles. The second-order valence-electron chi connectivity index (χ2n) is 8.75. The number of thiazole rings is 1. The van der Waals surface area contributed by atoms with E-state index in [4.69, 9.17) is 0 Å². The van der Waals surface area contributed by atoms with Crippen LogP contribution in [-0.2, 0) is 17.6 Å². The van der Waals surface area contributed by atoms with Gasteiger partial charge < -0.3 is 15.7 Å². The number of fused-ring (bicyclic) bond motifs is 1. The highest BCUT2D eigenvalue weighted by atomic mass is 32.1. The number of pyridine rings is 1. The average molecular weight is 449 g/mol. The van der Waals surface area contributed by atoms with E-state index in [1.165, 1.54) is 4.88 Å². The number of hydrogen-bond donors (Lipinski definition) is 3. The molecule has 6 nitrogen and oxygen atoms in total. The molecular weight excluding hydrogens is 420 g/mol. The van der Waals surface area contributed by atoms with Gasteiger partial charge in [0.25, 0.3) is 0 Å². The van der Waals surface area contributed by atoms with Gasteiger partial charge >= 0.3 is 0 Å². The summed E-state index contributed by atoms with van der Waals surface area (Å²) in [6.07, 6.45) is 7.09. The third-order valence-electron chi connectivity index (χ3n) is 6.58. The Hall–Kier alpha value is -2.61.